The quantitative estimate of drug-likeness (QED) is 0.758. The maximum Gasteiger partial charge on any atom is 0.222 e. The summed E-state index contributed by atoms with van der Waals surface area (Å²) in [5, 5.41) is 6.24. The molecule has 120 valence electrons. The van der Waals surface area contributed by atoms with Crippen molar-refractivity contribution in [3.05, 3.63) is 0 Å². The number of amides is 1. The fourth-order valence-corrected chi connectivity index (χ4v) is 2.28. The van der Waals surface area contributed by atoms with Crippen LogP contribution in [0.1, 0.15) is 26.2 Å². The Labute approximate surface area is 134 Å². The van der Waals surface area contributed by atoms with Crippen LogP contribution in [0.4, 0.5) is 0 Å². The Morgan fingerprint density at radius 1 is 1.45 bits per heavy atom. The summed E-state index contributed by atoms with van der Waals surface area (Å²) in [6.45, 7) is 5.27. The summed E-state index contributed by atoms with van der Waals surface area (Å²) in [6.07, 6.45) is 3.11. The Bertz CT molecular complexity index is 285. The van der Waals surface area contributed by atoms with Gasteiger partial charge in [0.1, 0.15) is 0 Å². The number of likely N-dealkylation sites (N-methyl/N-ethyl adjacent to an activating group) is 1. The average Bonchev–Trinajstić information content (AvgIpc) is 3.20. The minimum absolute atomic E-state index is 0. The van der Waals surface area contributed by atoms with E-state index in [4.69, 9.17) is 4.74 Å². The van der Waals surface area contributed by atoms with Gasteiger partial charge in [-0.25, -0.2) is 0 Å². The normalized spacial score (nSPS) is 23.4. The van der Waals surface area contributed by atoms with E-state index in [2.05, 4.69) is 29.5 Å². The molecule has 1 saturated carbocycles. The molecule has 1 aliphatic carbocycles. The van der Waals surface area contributed by atoms with E-state index in [0.717, 1.165) is 25.7 Å². The van der Waals surface area contributed by atoms with E-state index >= 15 is 0 Å². The minimum atomic E-state index is 0. The van der Waals surface area contributed by atoms with Gasteiger partial charge in [-0.15, -0.1) is 24.8 Å². The molecule has 2 N–H and O–H groups in total. The predicted octanol–water partition coefficient (Wildman–Crippen LogP) is 0.807. The van der Waals surface area contributed by atoms with Crippen LogP contribution in [0.15, 0.2) is 0 Å². The lowest BCUT2D eigenvalue weighted by Crippen LogP contribution is -2.44. The monoisotopic (exact) mass is 327 g/mol. The lowest BCUT2D eigenvalue weighted by molar-refractivity contribution is -0.124. The number of carbonyl (C=O) groups excluding carboxylic acids is 1. The third-order valence-electron chi connectivity index (χ3n) is 3.83. The van der Waals surface area contributed by atoms with E-state index in [1.165, 1.54) is 12.8 Å². The number of halogens is 2. The first-order chi connectivity index (χ1) is 8.66. The van der Waals surface area contributed by atoms with Gasteiger partial charge >= 0.3 is 0 Å². The summed E-state index contributed by atoms with van der Waals surface area (Å²) >= 11 is 0. The van der Waals surface area contributed by atoms with E-state index < -0.39 is 0 Å². The van der Waals surface area contributed by atoms with Crippen LogP contribution in [0.5, 0.6) is 0 Å². The van der Waals surface area contributed by atoms with Crippen molar-refractivity contribution in [2.75, 3.05) is 33.3 Å². The second kappa shape index (κ2) is 9.79. The molecule has 2 atom stereocenters. The van der Waals surface area contributed by atoms with Gasteiger partial charge in [-0.05, 0) is 26.8 Å². The summed E-state index contributed by atoms with van der Waals surface area (Å²) < 4.78 is 5.52. The van der Waals surface area contributed by atoms with Crippen LogP contribution in [0.2, 0.25) is 0 Å². The number of morpholine rings is 1. The molecule has 20 heavy (non-hydrogen) atoms. The summed E-state index contributed by atoms with van der Waals surface area (Å²) in [5.41, 5.74) is 0. The zero-order chi connectivity index (χ0) is 13.0. The molecule has 2 rings (SSSR count). The standard InChI is InChI=1S/C13H25N3O2.2ClH/c1-10(16(2)11-3-4-11)8-15-13(17)7-12-9-14-5-6-18-12;;/h10-12,14H,3-9H2,1-2H3,(H,15,17);2*1H. The minimum Gasteiger partial charge on any atom is -0.375 e. The molecule has 1 aliphatic heterocycles. The van der Waals surface area contributed by atoms with Crippen molar-refractivity contribution in [3.63, 3.8) is 0 Å². The number of nitrogens with one attached hydrogen (secondary N) is 2. The highest BCUT2D eigenvalue weighted by Crippen LogP contribution is 2.26. The molecule has 1 saturated heterocycles. The van der Waals surface area contributed by atoms with E-state index in [1.807, 2.05) is 0 Å². The molecule has 5 nitrogen and oxygen atoms in total. The fourth-order valence-electron chi connectivity index (χ4n) is 2.28. The highest BCUT2D eigenvalue weighted by atomic mass is 35.5. The molecular formula is C13H27Cl2N3O2. The van der Waals surface area contributed by atoms with Gasteiger partial charge in [0.25, 0.3) is 0 Å². The second-order valence-electron chi connectivity index (χ2n) is 5.45. The summed E-state index contributed by atoms with van der Waals surface area (Å²) in [6, 6.07) is 1.15. The van der Waals surface area contributed by atoms with Crippen LogP contribution in [0.3, 0.4) is 0 Å². The Morgan fingerprint density at radius 2 is 2.15 bits per heavy atom. The molecule has 2 fully saturated rings. The smallest absolute Gasteiger partial charge is 0.222 e. The van der Waals surface area contributed by atoms with Crippen LogP contribution < -0.4 is 10.6 Å². The molecule has 0 aromatic rings. The number of hydrogen-bond acceptors (Lipinski definition) is 4. The maximum atomic E-state index is 11.8. The molecule has 0 aromatic carbocycles. The van der Waals surface area contributed by atoms with Gasteiger partial charge in [-0.1, -0.05) is 0 Å². The lowest BCUT2D eigenvalue weighted by atomic mass is 10.2. The molecule has 0 aromatic heterocycles. The van der Waals surface area contributed by atoms with E-state index in [9.17, 15) is 4.79 Å². The molecule has 1 heterocycles. The highest BCUT2D eigenvalue weighted by Gasteiger charge is 2.29. The first-order valence-corrected chi connectivity index (χ1v) is 6.97. The third kappa shape index (κ3) is 6.59. The van der Waals surface area contributed by atoms with Gasteiger partial charge in [-0.2, -0.15) is 0 Å². The number of ether oxygens (including phenoxy) is 1. The van der Waals surface area contributed by atoms with Gasteiger partial charge in [0, 0.05) is 31.7 Å². The molecule has 2 aliphatic rings. The average molecular weight is 328 g/mol. The summed E-state index contributed by atoms with van der Waals surface area (Å²) in [4.78, 5) is 14.1. The molecule has 1 amide bonds. The van der Waals surface area contributed by atoms with E-state index in [0.29, 0.717) is 19.1 Å². The highest BCUT2D eigenvalue weighted by molar-refractivity contribution is 5.85. The Kier molecular flexibility index (Phi) is 9.76. The second-order valence-corrected chi connectivity index (χ2v) is 5.45. The fraction of sp³-hybridized carbons (Fsp3) is 0.923. The SMILES string of the molecule is CC(CNC(=O)CC1CNCCO1)N(C)C1CC1.Cl.Cl. The van der Waals surface area contributed by atoms with Crippen molar-refractivity contribution >= 4 is 30.7 Å². The van der Waals surface area contributed by atoms with Crippen LogP contribution in [-0.2, 0) is 9.53 Å². The Balaban J connectivity index is 0.00000180. The van der Waals surface area contributed by atoms with Gasteiger partial charge in [-0.3, -0.25) is 9.69 Å². The molecule has 0 radical (unpaired) electrons. The van der Waals surface area contributed by atoms with Crippen molar-refractivity contribution in [1.29, 1.82) is 0 Å². The van der Waals surface area contributed by atoms with Crippen molar-refractivity contribution in [3.8, 4) is 0 Å². The lowest BCUT2D eigenvalue weighted by Gasteiger charge is -2.26. The van der Waals surface area contributed by atoms with Crippen LogP contribution in [0.25, 0.3) is 0 Å². The molecule has 0 spiro atoms. The van der Waals surface area contributed by atoms with Gasteiger partial charge in [0.15, 0.2) is 0 Å². The van der Waals surface area contributed by atoms with Crippen molar-refractivity contribution in [2.45, 2.75) is 44.4 Å². The van der Waals surface area contributed by atoms with Gasteiger partial charge in [0.05, 0.1) is 19.1 Å². The van der Waals surface area contributed by atoms with Gasteiger partial charge < -0.3 is 15.4 Å². The first kappa shape index (κ1) is 19.9. The van der Waals surface area contributed by atoms with Crippen molar-refractivity contribution in [2.24, 2.45) is 0 Å². The number of rotatable bonds is 6. The molecule has 7 heteroatoms. The summed E-state index contributed by atoms with van der Waals surface area (Å²) in [5.74, 6) is 0.0970. The number of carbonyl (C=O) groups is 1. The number of hydrogen-bond donors (Lipinski definition) is 2. The summed E-state index contributed by atoms with van der Waals surface area (Å²) in [7, 11) is 2.14. The molecule has 2 unspecified atom stereocenters. The zero-order valence-corrected chi connectivity index (χ0v) is 13.9. The van der Waals surface area contributed by atoms with Crippen LogP contribution >= 0.6 is 24.8 Å². The predicted molar refractivity (Wildman–Crippen MR) is 85.0 cm³/mol. The molecule has 0 bridgehead atoms. The van der Waals surface area contributed by atoms with Crippen molar-refractivity contribution < 1.29 is 9.53 Å². The first-order valence-electron chi connectivity index (χ1n) is 6.97. The Hall–Kier alpha value is -0.0700. The van der Waals surface area contributed by atoms with E-state index in [1.54, 1.807) is 0 Å². The zero-order valence-electron chi connectivity index (χ0n) is 12.3. The van der Waals surface area contributed by atoms with Gasteiger partial charge in [0.2, 0.25) is 5.91 Å². The Morgan fingerprint density at radius 3 is 2.70 bits per heavy atom. The van der Waals surface area contributed by atoms with Crippen molar-refractivity contribution in [1.82, 2.24) is 15.5 Å². The topological polar surface area (TPSA) is 53.6 Å². The maximum absolute atomic E-state index is 11.8. The number of nitrogens with zero attached hydrogens (tertiary/aromatic N) is 1. The molecular weight excluding hydrogens is 301 g/mol. The van der Waals surface area contributed by atoms with Crippen LogP contribution in [0, 0.1) is 0 Å². The van der Waals surface area contributed by atoms with E-state index in [-0.39, 0.29) is 36.8 Å². The van der Waals surface area contributed by atoms with Crippen LogP contribution in [-0.4, -0.2) is 62.3 Å². The largest absolute Gasteiger partial charge is 0.375 e. The third-order valence-corrected chi connectivity index (χ3v) is 3.83.